The Balaban J connectivity index is 3.05. The summed E-state index contributed by atoms with van der Waals surface area (Å²) in [6.45, 7) is 5.50. The summed E-state index contributed by atoms with van der Waals surface area (Å²) in [4.78, 5) is 0. The average Bonchev–Trinajstić information content (AvgIpc) is 2.11. The molecule has 3 heteroatoms. The van der Waals surface area contributed by atoms with Crippen molar-refractivity contribution in [2.45, 2.75) is 32.7 Å². The van der Waals surface area contributed by atoms with Crippen molar-refractivity contribution in [2.75, 3.05) is 7.05 Å². The van der Waals surface area contributed by atoms with E-state index >= 15 is 0 Å². The molecule has 0 bridgehead atoms. The highest BCUT2D eigenvalue weighted by Gasteiger charge is 2.20. The zero-order valence-electron chi connectivity index (χ0n) is 9.62. The van der Waals surface area contributed by atoms with Gasteiger partial charge in [-0.25, -0.2) is 8.78 Å². The minimum Gasteiger partial charge on any atom is -0.314 e. The molecule has 1 aromatic rings. The Kier molecular flexibility index (Phi) is 3.45. The van der Waals surface area contributed by atoms with Crippen molar-refractivity contribution < 1.29 is 8.78 Å². The van der Waals surface area contributed by atoms with E-state index in [1.165, 1.54) is 12.1 Å². The molecule has 84 valence electrons. The fraction of sp³-hybridized carbons (Fsp3) is 0.500. The fourth-order valence-electron chi connectivity index (χ4n) is 1.43. The largest absolute Gasteiger partial charge is 0.314 e. The van der Waals surface area contributed by atoms with Crippen LogP contribution in [0, 0.1) is 18.6 Å². The van der Waals surface area contributed by atoms with E-state index in [1.54, 1.807) is 14.0 Å². The first-order chi connectivity index (χ1) is 6.85. The second-order valence-electron chi connectivity index (χ2n) is 4.52. The summed E-state index contributed by atoms with van der Waals surface area (Å²) in [5, 5.41) is 3.03. The van der Waals surface area contributed by atoms with Crippen LogP contribution in [0.25, 0.3) is 0 Å². The van der Waals surface area contributed by atoms with Crippen LogP contribution in [0.15, 0.2) is 12.1 Å². The Morgan fingerprint density at radius 2 is 1.67 bits per heavy atom. The first-order valence-electron chi connectivity index (χ1n) is 4.99. The maximum absolute atomic E-state index is 13.5. The fourth-order valence-corrected chi connectivity index (χ4v) is 1.43. The van der Waals surface area contributed by atoms with E-state index in [4.69, 9.17) is 0 Å². The van der Waals surface area contributed by atoms with E-state index in [9.17, 15) is 8.78 Å². The first kappa shape index (κ1) is 12.1. The van der Waals surface area contributed by atoms with Gasteiger partial charge in [0.1, 0.15) is 11.6 Å². The molecule has 0 unspecified atom stereocenters. The second-order valence-corrected chi connectivity index (χ2v) is 4.52. The topological polar surface area (TPSA) is 12.0 Å². The van der Waals surface area contributed by atoms with Crippen molar-refractivity contribution >= 4 is 0 Å². The summed E-state index contributed by atoms with van der Waals surface area (Å²) < 4.78 is 27.0. The van der Waals surface area contributed by atoms with E-state index < -0.39 is 11.6 Å². The van der Waals surface area contributed by atoms with Gasteiger partial charge in [-0.15, -0.1) is 0 Å². The van der Waals surface area contributed by atoms with Gasteiger partial charge in [-0.1, -0.05) is 0 Å². The minimum absolute atomic E-state index is 0.153. The lowest BCUT2D eigenvalue weighted by molar-refractivity contribution is 0.403. The molecular weight excluding hydrogens is 196 g/mol. The van der Waals surface area contributed by atoms with Gasteiger partial charge >= 0.3 is 0 Å². The normalized spacial score (nSPS) is 11.9. The monoisotopic (exact) mass is 213 g/mol. The van der Waals surface area contributed by atoms with E-state index in [0.29, 0.717) is 12.0 Å². The number of nitrogens with one attached hydrogen (secondary N) is 1. The molecule has 0 amide bonds. The lowest BCUT2D eigenvalue weighted by Crippen LogP contribution is -2.38. The molecular formula is C12H17F2N. The molecule has 0 saturated carbocycles. The molecule has 1 rings (SSSR count). The van der Waals surface area contributed by atoms with Gasteiger partial charge in [0.15, 0.2) is 0 Å². The second kappa shape index (κ2) is 4.27. The summed E-state index contributed by atoms with van der Waals surface area (Å²) in [5.41, 5.74) is 0.452. The molecule has 0 atom stereocenters. The smallest absolute Gasteiger partial charge is 0.129 e. The van der Waals surface area contributed by atoms with Crippen LogP contribution >= 0.6 is 0 Å². The Bertz CT molecular complexity index is 336. The quantitative estimate of drug-likeness (QED) is 0.814. The lowest BCUT2D eigenvalue weighted by atomic mass is 9.94. The maximum Gasteiger partial charge on any atom is 0.129 e. The standard InChI is InChI=1S/C12H17F2N/c1-8-5-10(13)9(11(14)6-8)7-12(2,3)15-4/h5-6,15H,7H2,1-4H3. The SMILES string of the molecule is CNC(C)(C)Cc1c(F)cc(C)cc1F. The predicted octanol–water partition coefficient (Wildman–Crippen LogP) is 2.81. The molecule has 1 nitrogen and oxygen atoms in total. The predicted molar refractivity (Wildman–Crippen MR) is 57.9 cm³/mol. The van der Waals surface area contributed by atoms with Crippen molar-refractivity contribution in [1.82, 2.24) is 5.32 Å². The van der Waals surface area contributed by atoms with Gasteiger partial charge in [-0.2, -0.15) is 0 Å². The molecule has 0 heterocycles. The highest BCUT2D eigenvalue weighted by Crippen LogP contribution is 2.20. The van der Waals surface area contributed by atoms with Gasteiger partial charge < -0.3 is 5.32 Å². The zero-order chi connectivity index (χ0) is 11.6. The third-order valence-electron chi connectivity index (χ3n) is 2.58. The molecule has 0 aliphatic heterocycles. The maximum atomic E-state index is 13.5. The number of benzene rings is 1. The third-order valence-corrected chi connectivity index (χ3v) is 2.58. The first-order valence-corrected chi connectivity index (χ1v) is 4.99. The molecule has 0 aliphatic carbocycles. The summed E-state index contributed by atoms with van der Waals surface area (Å²) >= 11 is 0. The Labute approximate surface area is 89.5 Å². The number of hydrogen-bond acceptors (Lipinski definition) is 1. The Morgan fingerprint density at radius 1 is 1.20 bits per heavy atom. The molecule has 15 heavy (non-hydrogen) atoms. The molecule has 0 spiro atoms. The number of halogens is 2. The van der Waals surface area contributed by atoms with Crippen LogP contribution in [0.2, 0.25) is 0 Å². The number of hydrogen-bond donors (Lipinski definition) is 1. The number of rotatable bonds is 3. The molecule has 0 fully saturated rings. The highest BCUT2D eigenvalue weighted by atomic mass is 19.1. The van der Waals surface area contributed by atoms with Gasteiger partial charge in [0.05, 0.1) is 0 Å². The average molecular weight is 213 g/mol. The van der Waals surface area contributed by atoms with Crippen molar-refractivity contribution in [3.05, 3.63) is 34.9 Å². The zero-order valence-corrected chi connectivity index (χ0v) is 9.62. The van der Waals surface area contributed by atoms with E-state index in [0.717, 1.165) is 0 Å². The summed E-state index contributed by atoms with van der Waals surface area (Å²) in [6, 6.07) is 2.73. The summed E-state index contributed by atoms with van der Waals surface area (Å²) in [6.07, 6.45) is 0.335. The highest BCUT2D eigenvalue weighted by molar-refractivity contribution is 5.26. The van der Waals surface area contributed by atoms with Crippen molar-refractivity contribution in [3.63, 3.8) is 0 Å². The van der Waals surface area contributed by atoms with Crippen LogP contribution in [0.5, 0.6) is 0 Å². The molecule has 0 aromatic heterocycles. The number of likely N-dealkylation sites (N-methyl/N-ethyl adjacent to an activating group) is 1. The van der Waals surface area contributed by atoms with Gasteiger partial charge in [0.25, 0.3) is 0 Å². The van der Waals surface area contributed by atoms with Crippen LogP contribution in [0.1, 0.15) is 25.0 Å². The van der Waals surface area contributed by atoms with Crippen LogP contribution in [0.4, 0.5) is 8.78 Å². The van der Waals surface area contributed by atoms with Crippen LogP contribution < -0.4 is 5.32 Å². The minimum atomic E-state index is -0.462. The lowest BCUT2D eigenvalue weighted by Gasteiger charge is -2.24. The van der Waals surface area contributed by atoms with Crippen molar-refractivity contribution in [3.8, 4) is 0 Å². The molecule has 0 radical (unpaired) electrons. The van der Waals surface area contributed by atoms with E-state index in [2.05, 4.69) is 5.32 Å². The van der Waals surface area contributed by atoms with Gasteiger partial charge in [0, 0.05) is 11.1 Å². The molecule has 0 saturated heterocycles. The number of aryl methyl sites for hydroxylation is 1. The van der Waals surface area contributed by atoms with Crippen molar-refractivity contribution in [1.29, 1.82) is 0 Å². The van der Waals surface area contributed by atoms with E-state index in [-0.39, 0.29) is 11.1 Å². The van der Waals surface area contributed by atoms with Gasteiger partial charge in [-0.05, 0) is 51.9 Å². The molecule has 1 N–H and O–H groups in total. The summed E-state index contributed by atoms with van der Waals surface area (Å²) in [7, 11) is 1.78. The van der Waals surface area contributed by atoms with Gasteiger partial charge in [-0.3, -0.25) is 0 Å². The van der Waals surface area contributed by atoms with Crippen LogP contribution in [-0.4, -0.2) is 12.6 Å². The van der Waals surface area contributed by atoms with Crippen LogP contribution in [-0.2, 0) is 6.42 Å². The Morgan fingerprint density at radius 3 is 2.07 bits per heavy atom. The summed E-state index contributed by atoms with van der Waals surface area (Å²) in [5.74, 6) is -0.924. The molecule has 0 aliphatic rings. The molecule has 1 aromatic carbocycles. The Hall–Kier alpha value is -0.960. The van der Waals surface area contributed by atoms with E-state index in [1.807, 2.05) is 13.8 Å². The van der Waals surface area contributed by atoms with Crippen LogP contribution in [0.3, 0.4) is 0 Å². The van der Waals surface area contributed by atoms with Crippen molar-refractivity contribution in [2.24, 2.45) is 0 Å². The van der Waals surface area contributed by atoms with Gasteiger partial charge in [0.2, 0.25) is 0 Å². The third kappa shape index (κ3) is 2.99.